The summed E-state index contributed by atoms with van der Waals surface area (Å²) in [7, 11) is 1.98. The fraction of sp³-hybridized carbons (Fsp3) is 0.154. The molecule has 0 radical (unpaired) electrons. The van der Waals surface area contributed by atoms with Crippen molar-refractivity contribution in [3.8, 4) is 6.07 Å². The number of aromatic nitrogens is 1. The van der Waals surface area contributed by atoms with E-state index in [4.69, 9.17) is 4.99 Å². The number of amidine groups is 1. The molecule has 1 amide bonds. The van der Waals surface area contributed by atoms with Gasteiger partial charge in [0.25, 0.3) is 5.91 Å². The first-order valence-corrected chi connectivity index (χ1v) is 12.7. The lowest BCUT2D eigenvalue weighted by atomic mass is 10.2. The number of hydrogen-bond donors (Lipinski definition) is 1. The predicted octanol–water partition coefficient (Wildman–Crippen LogP) is 5.56. The highest BCUT2D eigenvalue weighted by molar-refractivity contribution is 8.19. The Morgan fingerprint density at radius 3 is 2.74 bits per heavy atom. The standard InChI is InChI=1S/C26H22N6OS2/c1-3-29-19-11-10-17(14-27)13-20(19)30-26-32(16-18-7-6-12-28-15-18)24(33)23(35-26)25-31(2)21-8-4-5-9-22(21)34-25/h4-13,15,29H,3,16H2,1-2H3/b25-23-,30-26-. The molecule has 2 aromatic carbocycles. The minimum absolute atomic E-state index is 0.0961. The Kier molecular flexibility index (Phi) is 6.49. The predicted molar refractivity (Wildman–Crippen MR) is 143 cm³/mol. The number of fused-ring (bicyclic) bond motifs is 1. The zero-order chi connectivity index (χ0) is 24.4. The molecule has 0 spiro atoms. The summed E-state index contributed by atoms with van der Waals surface area (Å²) in [4.78, 5) is 28.4. The van der Waals surface area contributed by atoms with Gasteiger partial charge in [0.05, 0.1) is 40.3 Å². The van der Waals surface area contributed by atoms with Crippen molar-refractivity contribution >= 4 is 51.7 Å². The van der Waals surface area contributed by atoms with Gasteiger partial charge in [-0.3, -0.25) is 14.7 Å². The summed E-state index contributed by atoms with van der Waals surface area (Å²) in [6, 6.07) is 19.5. The van der Waals surface area contributed by atoms with E-state index in [1.165, 1.54) is 11.8 Å². The van der Waals surface area contributed by atoms with Gasteiger partial charge in [-0.15, -0.1) is 0 Å². The molecule has 3 aromatic rings. The van der Waals surface area contributed by atoms with E-state index in [1.807, 2.05) is 44.3 Å². The Balaban J connectivity index is 1.59. The van der Waals surface area contributed by atoms with Crippen LogP contribution in [0.5, 0.6) is 0 Å². The number of benzene rings is 2. The number of carbonyl (C=O) groups is 1. The summed E-state index contributed by atoms with van der Waals surface area (Å²) in [6.07, 6.45) is 3.47. The Morgan fingerprint density at radius 1 is 1.14 bits per heavy atom. The number of para-hydroxylation sites is 1. The summed E-state index contributed by atoms with van der Waals surface area (Å²) in [5.74, 6) is -0.0961. The van der Waals surface area contributed by atoms with Crippen LogP contribution in [0.1, 0.15) is 18.1 Å². The van der Waals surface area contributed by atoms with Crippen LogP contribution in [0, 0.1) is 11.3 Å². The molecule has 0 bridgehead atoms. The van der Waals surface area contributed by atoms with Gasteiger partial charge in [0.2, 0.25) is 0 Å². The van der Waals surface area contributed by atoms with E-state index >= 15 is 0 Å². The van der Waals surface area contributed by atoms with Gasteiger partial charge in [-0.2, -0.15) is 5.26 Å². The fourth-order valence-electron chi connectivity index (χ4n) is 3.87. The normalized spacial score (nSPS) is 18.2. The molecule has 0 saturated carbocycles. The van der Waals surface area contributed by atoms with E-state index < -0.39 is 0 Å². The third-order valence-electron chi connectivity index (χ3n) is 5.57. The summed E-state index contributed by atoms with van der Waals surface area (Å²) in [5, 5.41) is 14.2. The van der Waals surface area contributed by atoms with Gasteiger partial charge in [0.1, 0.15) is 4.91 Å². The third kappa shape index (κ3) is 4.50. The lowest BCUT2D eigenvalue weighted by Gasteiger charge is -2.17. The Morgan fingerprint density at radius 2 is 2.00 bits per heavy atom. The van der Waals surface area contributed by atoms with Crippen molar-refractivity contribution in [2.45, 2.75) is 18.4 Å². The maximum atomic E-state index is 13.8. The van der Waals surface area contributed by atoms with Gasteiger partial charge in [-0.1, -0.05) is 30.0 Å². The fourth-order valence-corrected chi connectivity index (χ4v) is 6.21. The lowest BCUT2D eigenvalue weighted by Crippen LogP contribution is -2.29. The Hall–Kier alpha value is -3.74. The van der Waals surface area contributed by atoms with Crippen LogP contribution >= 0.6 is 23.5 Å². The molecule has 1 N–H and O–H groups in total. The van der Waals surface area contributed by atoms with Crippen molar-refractivity contribution < 1.29 is 4.79 Å². The van der Waals surface area contributed by atoms with Gasteiger partial charge >= 0.3 is 0 Å². The van der Waals surface area contributed by atoms with E-state index in [9.17, 15) is 10.1 Å². The van der Waals surface area contributed by atoms with Gasteiger partial charge in [0, 0.05) is 30.9 Å². The average molecular weight is 499 g/mol. The molecular formula is C26H22N6OS2. The molecule has 7 nitrogen and oxygen atoms in total. The first kappa shape index (κ1) is 23.0. The zero-order valence-electron chi connectivity index (χ0n) is 19.2. The molecule has 0 unspecified atom stereocenters. The number of thioether (sulfide) groups is 2. The number of carbonyl (C=O) groups excluding carboxylic acids is 1. The van der Waals surface area contributed by atoms with Crippen molar-refractivity contribution in [2.75, 3.05) is 23.8 Å². The zero-order valence-corrected chi connectivity index (χ0v) is 20.9. The van der Waals surface area contributed by atoms with E-state index in [0.29, 0.717) is 34.4 Å². The molecule has 1 fully saturated rings. The summed E-state index contributed by atoms with van der Waals surface area (Å²) >= 11 is 2.96. The van der Waals surface area contributed by atoms with Gasteiger partial charge in [-0.25, -0.2) is 4.99 Å². The van der Waals surface area contributed by atoms with Crippen LogP contribution in [0.15, 0.2) is 86.8 Å². The molecule has 1 saturated heterocycles. The molecule has 0 aliphatic carbocycles. The number of hydrogen-bond acceptors (Lipinski definition) is 8. The highest BCUT2D eigenvalue weighted by Gasteiger charge is 2.39. The maximum absolute atomic E-state index is 13.8. The molecule has 9 heteroatoms. The summed E-state index contributed by atoms with van der Waals surface area (Å²) < 4.78 is 0. The van der Waals surface area contributed by atoms with Gasteiger partial charge < -0.3 is 10.2 Å². The van der Waals surface area contributed by atoms with Crippen LogP contribution in [0.2, 0.25) is 0 Å². The van der Waals surface area contributed by atoms with Crippen LogP contribution in [-0.2, 0) is 11.3 Å². The molecule has 35 heavy (non-hydrogen) atoms. The number of nitrogens with zero attached hydrogens (tertiary/aromatic N) is 5. The lowest BCUT2D eigenvalue weighted by molar-refractivity contribution is -0.122. The van der Waals surface area contributed by atoms with Crippen molar-refractivity contribution in [1.29, 1.82) is 5.26 Å². The number of pyridine rings is 1. The SMILES string of the molecule is CCNc1ccc(C#N)cc1/N=C1\S/C(=C2\Sc3ccccc3N2C)C(=O)N1Cc1cccnc1. The molecule has 5 rings (SSSR count). The minimum Gasteiger partial charge on any atom is -0.384 e. The third-order valence-corrected chi connectivity index (χ3v) is 8.00. The number of anilines is 2. The molecule has 2 aliphatic rings. The Bertz CT molecular complexity index is 1400. The van der Waals surface area contributed by atoms with Crippen molar-refractivity contribution in [2.24, 2.45) is 4.99 Å². The largest absolute Gasteiger partial charge is 0.384 e. The highest BCUT2D eigenvalue weighted by Crippen LogP contribution is 2.50. The molecule has 174 valence electrons. The van der Waals surface area contributed by atoms with Crippen LogP contribution in [-0.4, -0.2) is 34.6 Å². The quantitative estimate of drug-likeness (QED) is 0.461. The second kappa shape index (κ2) is 9.86. The molecular weight excluding hydrogens is 476 g/mol. The van der Waals surface area contributed by atoms with E-state index in [-0.39, 0.29) is 5.91 Å². The molecule has 2 aliphatic heterocycles. The number of nitrogens with one attached hydrogen (secondary N) is 1. The van der Waals surface area contributed by atoms with Crippen LogP contribution in [0.3, 0.4) is 0 Å². The topological polar surface area (TPSA) is 84.6 Å². The summed E-state index contributed by atoms with van der Waals surface area (Å²) in [6.45, 7) is 3.07. The molecule has 0 atom stereocenters. The highest BCUT2D eigenvalue weighted by atomic mass is 32.2. The average Bonchev–Trinajstić information content (AvgIpc) is 3.37. The van der Waals surface area contributed by atoms with Gasteiger partial charge in [0.15, 0.2) is 5.17 Å². The van der Waals surface area contributed by atoms with Crippen LogP contribution in [0.25, 0.3) is 0 Å². The molecule has 1 aromatic heterocycles. The molecule has 3 heterocycles. The first-order chi connectivity index (χ1) is 17.1. The minimum atomic E-state index is -0.0961. The monoisotopic (exact) mass is 498 g/mol. The second-order valence-electron chi connectivity index (χ2n) is 7.89. The van der Waals surface area contributed by atoms with Crippen LogP contribution in [0.4, 0.5) is 17.1 Å². The van der Waals surface area contributed by atoms with Gasteiger partial charge in [-0.05, 0) is 60.6 Å². The van der Waals surface area contributed by atoms with Crippen molar-refractivity contribution in [3.05, 3.63) is 88.1 Å². The van der Waals surface area contributed by atoms with Crippen LogP contribution < -0.4 is 10.2 Å². The number of amides is 1. The van der Waals surface area contributed by atoms with Crippen molar-refractivity contribution in [1.82, 2.24) is 9.88 Å². The van der Waals surface area contributed by atoms with E-state index in [1.54, 1.807) is 41.2 Å². The Labute approximate surface area is 212 Å². The van der Waals surface area contributed by atoms with E-state index in [2.05, 4.69) is 33.4 Å². The second-order valence-corrected chi connectivity index (χ2v) is 9.89. The number of aliphatic imine (C=N–C) groups is 1. The number of rotatable bonds is 5. The first-order valence-electron chi connectivity index (χ1n) is 11.1. The van der Waals surface area contributed by atoms with Crippen molar-refractivity contribution in [3.63, 3.8) is 0 Å². The summed E-state index contributed by atoms with van der Waals surface area (Å²) in [5.41, 5.74) is 3.94. The smallest absolute Gasteiger partial charge is 0.269 e. The number of nitriles is 1. The maximum Gasteiger partial charge on any atom is 0.269 e. The van der Waals surface area contributed by atoms with E-state index in [0.717, 1.165) is 26.9 Å².